The van der Waals surface area contributed by atoms with Crippen LogP contribution in [0.3, 0.4) is 0 Å². The zero-order chi connectivity index (χ0) is 12.5. The first-order valence-corrected chi connectivity index (χ1v) is 7.49. The molecule has 0 aromatic carbocycles. The number of fused-ring (bicyclic) bond motifs is 3. The first-order valence-electron chi connectivity index (χ1n) is 7.49. The first-order chi connectivity index (χ1) is 7.85. The van der Waals surface area contributed by atoms with E-state index in [1.807, 2.05) is 0 Å². The van der Waals surface area contributed by atoms with E-state index in [0.717, 1.165) is 17.8 Å². The lowest BCUT2D eigenvalue weighted by atomic mass is 9.53. The predicted octanol–water partition coefficient (Wildman–Crippen LogP) is 2.97. The second kappa shape index (κ2) is 3.29. The third-order valence-electron chi connectivity index (χ3n) is 6.92. The summed E-state index contributed by atoms with van der Waals surface area (Å²) < 4.78 is 0. The van der Waals surface area contributed by atoms with Gasteiger partial charge in [0.05, 0.1) is 5.54 Å². The highest BCUT2D eigenvalue weighted by Gasteiger charge is 2.70. The topological polar surface area (TPSA) is 16.6 Å². The van der Waals surface area contributed by atoms with Gasteiger partial charge in [-0.25, -0.2) is 0 Å². The number of nitrogens with two attached hydrogens (primary N) is 1. The molecule has 0 radical (unpaired) electrons. The summed E-state index contributed by atoms with van der Waals surface area (Å²) in [6.07, 6.45) is 7.19. The lowest BCUT2D eigenvalue weighted by Gasteiger charge is -2.54. The van der Waals surface area contributed by atoms with Crippen LogP contribution in [0.2, 0.25) is 0 Å². The molecular formula is C16H29N. The summed E-state index contributed by atoms with van der Waals surface area (Å²) in [7, 11) is 4.18. The lowest BCUT2D eigenvalue weighted by molar-refractivity contribution is -0.689. The predicted molar refractivity (Wildman–Crippen MR) is 71.1 cm³/mol. The molecule has 0 saturated heterocycles. The molecule has 5 atom stereocenters. The van der Waals surface area contributed by atoms with Crippen molar-refractivity contribution in [2.75, 3.05) is 0 Å². The number of hydrogen-bond donors (Lipinski definition) is 1. The Morgan fingerprint density at radius 3 is 2.41 bits per heavy atom. The van der Waals surface area contributed by atoms with Crippen LogP contribution in [-0.2, 0) is 0 Å². The molecule has 0 aromatic rings. The maximum Gasteiger partial charge on any atom is 0.0731 e. The third-order valence-corrected chi connectivity index (χ3v) is 6.92. The van der Waals surface area contributed by atoms with E-state index in [1.54, 1.807) is 0 Å². The third kappa shape index (κ3) is 1.41. The number of hydrogen-bond acceptors (Lipinski definition) is 0. The molecule has 0 spiro atoms. The molecule has 0 aliphatic heterocycles. The van der Waals surface area contributed by atoms with Gasteiger partial charge in [0.1, 0.15) is 0 Å². The monoisotopic (exact) mass is 235 g/mol. The Bertz CT molecular complexity index is 324. The molecule has 1 heteroatoms. The van der Waals surface area contributed by atoms with Crippen LogP contribution in [0, 0.1) is 35.6 Å². The molecule has 0 amide bonds. The van der Waals surface area contributed by atoms with Crippen LogP contribution in [0.25, 0.3) is 0 Å². The Morgan fingerprint density at radius 2 is 1.76 bits per heavy atom. The van der Waals surface area contributed by atoms with Gasteiger partial charge >= 0.3 is 0 Å². The van der Waals surface area contributed by atoms with Crippen molar-refractivity contribution >= 4 is 0 Å². The number of quaternary nitrogens is 1. The van der Waals surface area contributed by atoms with Crippen LogP contribution in [-0.4, -0.2) is 5.54 Å². The molecule has 98 valence electrons. The van der Waals surface area contributed by atoms with Crippen LogP contribution >= 0.6 is 0 Å². The van der Waals surface area contributed by atoms with Crippen molar-refractivity contribution in [2.45, 2.75) is 65.3 Å². The Hall–Kier alpha value is -0.0400. The summed E-state index contributed by atoms with van der Waals surface area (Å²) in [5.74, 6) is 2.89. The molecule has 17 heavy (non-hydrogen) atoms. The van der Waals surface area contributed by atoms with Gasteiger partial charge in [0.25, 0.3) is 0 Å². The zero-order valence-corrected chi connectivity index (χ0v) is 12.1. The summed E-state index contributed by atoms with van der Waals surface area (Å²) in [6, 6.07) is 0. The second-order valence-electron chi connectivity index (χ2n) is 8.19. The average Bonchev–Trinajstić information content (AvgIpc) is 2.80. The highest BCUT2D eigenvalue weighted by Crippen LogP contribution is 2.73. The smallest absolute Gasteiger partial charge is 0.0731 e. The molecule has 3 aliphatic carbocycles. The van der Waals surface area contributed by atoms with Gasteiger partial charge in [-0.3, -0.25) is 0 Å². The number of rotatable bonds is 1. The summed E-state index contributed by atoms with van der Waals surface area (Å²) in [5, 5.41) is 2.30. The average molecular weight is 235 g/mol. The van der Waals surface area contributed by atoms with E-state index in [9.17, 15) is 0 Å². The summed E-state index contributed by atoms with van der Waals surface area (Å²) in [6.45, 7) is 10.1. The van der Waals surface area contributed by atoms with E-state index >= 15 is 0 Å². The van der Waals surface area contributed by atoms with Gasteiger partial charge in [0.2, 0.25) is 0 Å². The molecular weight excluding hydrogens is 206 g/mol. The lowest BCUT2D eigenvalue weighted by Crippen LogP contribution is -2.94. The fourth-order valence-corrected chi connectivity index (χ4v) is 5.82. The molecule has 3 rings (SSSR count). The van der Waals surface area contributed by atoms with Crippen molar-refractivity contribution < 1.29 is 5.32 Å². The molecule has 2 N–H and O–H groups in total. The molecule has 5 unspecified atom stereocenters. The van der Waals surface area contributed by atoms with Gasteiger partial charge in [-0.15, -0.1) is 0 Å². The Balaban J connectivity index is 1.98. The largest absolute Gasteiger partial charge is 0.474 e. The summed E-state index contributed by atoms with van der Waals surface area (Å²) in [5.41, 5.74) is 1.63. The Morgan fingerprint density at radius 1 is 1.06 bits per heavy atom. The fraction of sp³-hybridized carbons (Fsp3) is 0.938. The van der Waals surface area contributed by atoms with Gasteiger partial charge in [-0.1, -0.05) is 20.8 Å². The molecule has 1 nitrogen and oxygen atoms in total. The summed E-state index contributed by atoms with van der Waals surface area (Å²) in [4.78, 5) is 0. The van der Waals surface area contributed by atoms with E-state index < -0.39 is 0 Å². The first kappa shape index (κ1) is 12.0. The van der Waals surface area contributed by atoms with E-state index in [4.69, 9.17) is 0 Å². The fourth-order valence-electron chi connectivity index (χ4n) is 5.82. The highest BCUT2D eigenvalue weighted by molar-refractivity contribution is 5.18. The van der Waals surface area contributed by atoms with Gasteiger partial charge < -0.3 is 5.32 Å². The van der Waals surface area contributed by atoms with E-state index in [-0.39, 0.29) is 0 Å². The minimum Gasteiger partial charge on any atom is -0.474 e. The van der Waals surface area contributed by atoms with Gasteiger partial charge in [-0.05, 0) is 55.3 Å². The van der Waals surface area contributed by atoms with Crippen molar-refractivity contribution in [3.8, 4) is 0 Å². The van der Waals surface area contributed by atoms with Crippen molar-refractivity contribution in [3.63, 3.8) is 0 Å². The quantitative estimate of drug-likeness (QED) is 0.673. The maximum absolute atomic E-state index is 4.18. The molecule has 3 aliphatic rings. The Kier molecular flexibility index (Phi) is 2.32. The maximum atomic E-state index is 4.18. The van der Waals surface area contributed by atoms with Crippen LogP contribution in [0.15, 0.2) is 0 Å². The van der Waals surface area contributed by atoms with Gasteiger partial charge in [0.15, 0.2) is 0 Å². The van der Waals surface area contributed by atoms with E-state index in [2.05, 4.69) is 40.1 Å². The molecule has 3 fully saturated rings. The van der Waals surface area contributed by atoms with Gasteiger partial charge in [0, 0.05) is 12.3 Å². The SMILES string of the molecule is [CH2-][NH2+]C1(C)CCCC2(C)CCC3C(C21)C3(C)C. The van der Waals surface area contributed by atoms with Crippen molar-refractivity contribution in [1.82, 2.24) is 0 Å². The van der Waals surface area contributed by atoms with E-state index in [0.29, 0.717) is 16.4 Å². The van der Waals surface area contributed by atoms with E-state index in [1.165, 1.54) is 32.1 Å². The molecule has 0 bridgehead atoms. The molecule has 3 saturated carbocycles. The molecule has 0 heterocycles. The van der Waals surface area contributed by atoms with Crippen molar-refractivity contribution in [1.29, 1.82) is 0 Å². The Labute approximate surface area is 107 Å². The van der Waals surface area contributed by atoms with Crippen LogP contribution < -0.4 is 5.32 Å². The van der Waals surface area contributed by atoms with Gasteiger partial charge in [-0.2, -0.15) is 7.05 Å². The van der Waals surface area contributed by atoms with Crippen LogP contribution in [0.5, 0.6) is 0 Å². The standard InChI is InChI=1S/C16H29N/c1-14(2)11-7-10-15(3)8-6-9-16(4,17-5)13(15)12(11)14/h11-13H,5-10,17H2,1-4H3. The zero-order valence-electron chi connectivity index (χ0n) is 12.1. The van der Waals surface area contributed by atoms with Crippen LogP contribution in [0.4, 0.5) is 0 Å². The summed E-state index contributed by atoms with van der Waals surface area (Å²) >= 11 is 0. The van der Waals surface area contributed by atoms with Crippen molar-refractivity contribution in [2.24, 2.45) is 28.6 Å². The minimum atomic E-state index is 0.407. The normalized spacial score (nSPS) is 55.9. The second-order valence-corrected chi connectivity index (χ2v) is 8.19. The molecule has 0 aromatic heterocycles. The van der Waals surface area contributed by atoms with Crippen LogP contribution in [0.1, 0.15) is 59.8 Å². The van der Waals surface area contributed by atoms with Crippen molar-refractivity contribution in [3.05, 3.63) is 7.05 Å². The minimum absolute atomic E-state index is 0.407. The highest BCUT2D eigenvalue weighted by atomic mass is 15.0.